The quantitative estimate of drug-likeness (QED) is 0.806. The summed E-state index contributed by atoms with van der Waals surface area (Å²) >= 11 is 0. The highest BCUT2D eigenvalue weighted by molar-refractivity contribution is 5.15. The second kappa shape index (κ2) is 7.49. The van der Waals surface area contributed by atoms with Crippen LogP contribution in [0.3, 0.4) is 0 Å². The number of rotatable bonds is 7. The van der Waals surface area contributed by atoms with Crippen LogP contribution in [0.5, 0.6) is 0 Å². The number of benzene rings is 1. The number of hydrogen-bond donors (Lipinski definition) is 1. The number of hydrogen-bond acceptors (Lipinski definition) is 2. The molecule has 0 bridgehead atoms. The lowest BCUT2D eigenvalue weighted by Crippen LogP contribution is -2.40. The van der Waals surface area contributed by atoms with Gasteiger partial charge in [-0.05, 0) is 37.6 Å². The van der Waals surface area contributed by atoms with Crippen LogP contribution < -0.4 is 0 Å². The minimum Gasteiger partial charge on any atom is -0.391 e. The first-order valence-corrected chi connectivity index (χ1v) is 6.71. The molecule has 0 saturated heterocycles. The molecule has 1 N–H and O–H groups in total. The van der Waals surface area contributed by atoms with Gasteiger partial charge in [-0.1, -0.05) is 32.4 Å². The number of aliphatic hydroxyl groups excluding tert-OH is 1. The van der Waals surface area contributed by atoms with Crippen molar-refractivity contribution < 1.29 is 9.50 Å². The molecular formula is C15H24FNO. The van der Waals surface area contributed by atoms with Crippen LogP contribution in [-0.2, 0) is 6.54 Å². The molecule has 2 unspecified atom stereocenters. The smallest absolute Gasteiger partial charge is 0.123 e. The Bertz CT molecular complexity index is 339. The van der Waals surface area contributed by atoms with Crippen LogP contribution in [0.4, 0.5) is 4.39 Å². The zero-order chi connectivity index (χ0) is 13.5. The molecule has 2 atom stereocenters. The van der Waals surface area contributed by atoms with Gasteiger partial charge < -0.3 is 5.11 Å². The minimum atomic E-state index is -0.287. The van der Waals surface area contributed by atoms with Crippen molar-refractivity contribution in [3.8, 4) is 0 Å². The number of halogens is 1. The largest absolute Gasteiger partial charge is 0.391 e. The van der Waals surface area contributed by atoms with Crippen molar-refractivity contribution in [1.82, 2.24) is 4.90 Å². The third-order valence-corrected chi connectivity index (χ3v) is 3.36. The monoisotopic (exact) mass is 253 g/mol. The lowest BCUT2D eigenvalue weighted by molar-refractivity contribution is 0.0506. The standard InChI is InChI=1S/C15H24FNO/c1-4-6-15(18)14(5-2)17(3)11-12-7-9-13(16)10-8-12/h7-10,14-15,18H,4-6,11H2,1-3H3. The van der Waals surface area contributed by atoms with E-state index in [0.29, 0.717) is 0 Å². The first kappa shape index (κ1) is 15.1. The normalized spacial score (nSPS) is 14.8. The highest BCUT2D eigenvalue weighted by Gasteiger charge is 2.20. The van der Waals surface area contributed by atoms with E-state index in [-0.39, 0.29) is 18.0 Å². The molecule has 0 aliphatic heterocycles. The molecule has 102 valence electrons. The van der Waals surface area contributed by atoms with Gasteiger partial charge in [0.05, 0.1) is 6.10 Å². The molecule has 0 radical (unpaired) electrons. The van der Waals surface area contributed by atoms with Gasteiger partial charge in [-0.15, -0.1) is 0 Å². The fourth-order valence-electron chi connectivity index (χ4n) is 2.36. The molecular weight excluding hydrogens is 229 g/mol. The third kappa shape index (κ3) is 4.39. The van der Waals surface area contributed by atoms with Crippen molar-refractivity contribution in [1.29, 1.82) is 0 Å². The van der Waals surface area contributed by atoms with Gasteiger partial charge >= 0.3 is 0 Å². The van der Waals surface area contributed by atoms with Gasteiger partial charge in [0.2, 0.25) is 0 Å². The highest BCUT2D eigenvalue weighted by atomic mass is 19.1. The third-order valence-electron chi connectivity index (χ3n) is 3.36. The highest BCUT2D eigenvalue weighted by Crippen LogP contribution is 2.15. The van der Waals surface area contributed by atoms with E-state index < -0.39 is 0 Å². The van der Waals surface area contributed by atoms with Gasteiger partial charge in [-0.3, -0.25) is 4.90 Å². The van der Waals surface area contributed by atoms with E-state index in [1.807, 2.05) is 7.05 Å². The molecule has 1 aromatic rings. The average Bonchev–Trinajstić information content (AvgIpc) is 2.33. The summed E-state index contributed by atoms with van der Waals surface area (Å²) in [6.07, 6.45) is 2.44. The first-order valence-electron chi connectivity index (χ1n) is 6.71. The Balaban J connectivity index is 2.61. The molecule has 1 aromatic carbocycles. The Kier molecular flexibility index (Phi) is 6.30. The molecule has 2 nitrogen and oxygen atoms in total. The molecule has 0 heterocycles. The Morgan fingerprint density at radius 3 is 2.33 bits per heavy atom. The lowest BCUT2D eigenvalue weighted by Gasteiger charge is -2.31. The lowest BCUT2D eigenvalue weighted by atomic mass is 10.0. The first-order chi connectivity index (χ1) is 8.58. The van der Waals surface area contributed by atoms with Crippen LogP contribution in [0.25, 0.3) is 0 Å². The van der Waals surface area contributed by atoms with Crippen molar-refractivity contribution in [2.75, 3.05) is 7.05 Å². The minimum absolute atomic E-state index is 0.162. The van der Waals surface area contributed by atoms with Crippen LogP contribution in [-0.4, -0.2) is 29.2 Å². The van der Waals surface area contributed by atoms with Gasteiger partial charge in [0, 0.05) is 12.6 Å². The average molecular weight is 253 g/mol. The summed E-state index contributed by atoms with van der Waals surface area (Å²) in [5.74, 6) is -0.209. The van der Waals surface area contributed by atoms with Gasteiger partial charge in [0.15, 0.2) is 0 Å². The van der Waals surface area contributed by atoms with Crippen molar-refractivity contribution in [3.05, 3.63) is 35.6 Å². The van der Waals surface area contributed by atoms with Crippen LogP contribution in [0, 0.1) is 5.82 Å². The van der Waals surface area contributed by atoms with Gasteiger partial charge in [-0.2, -0.15) is 0 Å². The number of aliphatic hydroxyl groups is 1. The van der Waals surface area contributed by atoms with Gasteiger partial charge in [0.25, 0.3) is 0 Å². The Morgan fingerprint density at radius 1 is 1.22 bits per heavy atom. The van der Waals surface area contributed by atoms with Crippen LogP contribution >= 0.6 is 0 Å². The molecule has 18 heavy (non-hydrogen) atoms. The molecule has 0 fully saturated rings. The van der Waals surface area contributed by atoms with E-state index in [0.717, 1.165) is 31.4 Å². The van der Waals surface area contributed by atoms with Crippen LogP contribution in [0.2, 0.25) is 0 Å². The van der Waals surface area contributed by atoms with E-state index in [4.69, 9.17) is 0 Å². The predicted molar refractivity (Wildman–Crippen MR) is 72.9 cm³/mol. The maximum absolute atomic E-state index is 12.8. The molecule has 3 heteroatoms. The summed E-state index contributed by atoms with van der Waals surface area (Å²) in [5, 5.41) is 10.1. The Hall–Kier alpha value is -0.930. The van der Waals surface area contributed by atoms with E-state index in [2.05, 4.69) is 18.7 Å². The Morgan fingerprint density at radius 2 is 1.83 bits per heavy atom. The van der Waals surface area contributed by atoms with Crippen molar-refractivity contribution in [2.24, 2.45) is 0 Å². The van der Waals surface area contributed by atoms with E-state index in [1.165, 1.54) is 12.1 Å². The zero-order valence-electron chi connectivity index (χ0n) is 11.6. The number of likely N-dealkylation sites (N-methyl/N-ethyl adjacent to an activating group) is 1. The van der Waals surface area contributed by atoms with E-state index >= 15 is 0 Å². The van der Waals surface area contributed by atoms with E-state index in [1.54, 1.807) is 12.1 Å². The Labute approximate surface area is 109 Å². The zero-order valence-corrected chi connectivity index (χ0v) is 11.6. The van der Waals surface area contributed by atoms with Gasteiger partial charge in [-0.25, -0.2) is 4.39 Å². The van der Waals surface area contributed by atoms with Gasteiger partial charge in [0.1, 0.15) is 5.82 Å². The summed E-state index contributed by atoms with van der Waals surface area (Å²) in [7, 11) is 2.01. The second-order valence-corrected chi connectivity index (χ2v) is 4.87. The van der Waals surface area contributed by atoms with Crippen LogP contribution in [0.15, 0.2) is 24.3 Å². The van der Waals surface area contributed by atoms with Crippen LogP contribution in [0.1, 0.15) is 38.7 Å². The molecule has 0 spiro atoms. The van der Waals surface area contributed by atoms with Crippen molar-refractivity contribution in [3.63, 3.8) is 0 Å². The predicted octanol–water partition coefficient (Wildman–Crippen LogP) is 3.20. The SMILES string of the molecule is CCCC(O)C(CC)N(C)Cc1ccc(F)cc1. The topological polar surface area (TPSA) is 23.5 Å². The summed E-state index contributed by atoms with van der Waals surface area (Å²) in [6, 6.07) is 6.71. The molecule has 0 saturated carbocycles. The molecule has 0 aliphatic carbocycles. The summed E-state index contributed by atoms with van der Waals surface area (Å²) in [5.41, 5.74) is 1.07. The maximum atomic E-state index is 12.8. The summed E-state index contributed by atoms with van der Waals surface area (Å²) in [4.78, 5) is 2.15. The van der Waals surface area contributed by atoms with E-state index in [9.17, 15) is 9.50 Å². The maximum Gasteiger partial charge on any atom is 0.123 e. The molecule has 0 amide bonds. The van der Waals surface area contributed by atoms with Crippen molar-refractivity contribution in [2.45, 2.75) is 51.8 Å². The summed E-state index contributed by atoms with van der Waals surface area (Å²) in [6.45, 7) is 4.90. The number of nitrogens with zero attached hydrogens (tertiary/aromatic N) is 1. The fraction of sp³-hybridized carbons (Fsp3) is 0.600. The molecule has 0 aliphatic rings. The fourth-order valence-corrected chi connectivity index (χ4v) is 2.36. The molecule has 1 rings (SSSR count). The molecule has 0 aromatic heterocycles. The second-order valence-electron chi connectivity index (χ2n) is 4.87. The van der Waals surface area contributed by atoms with Crippen molar-refractivity contribution >= 4 is 0 Å². The summed E-state index contributed by atoms with van der Waals surface area (Å²) < 4.78 is 12.8.